The van der Waals surface area contributed by atoms with Crippen LogP contribution in [0.1, 0.15) is 10.4 Å². The largest absolute Gasteiger partial charge is 0.308 e. The average molecular weight is 418 g/mol. The number of thiazole rings is 1. The van der Waals surface area contributed by atoms with Gasteiger partial charge in [-0.3, -0.25) is 9.69 Å². The molecule has 4 nitrogen and oxygen atoms in total. The number of carbonyl (C=O) groups excluding carboxylic acids is 1. The Kier molecular flexibility index (Phi) is 6.81. The second kappa shape index (κ2) is 9.10. The maximum absolute atomic E-state index is 13.4. The lowest BCUT2D eigenvalue weighted by atomic mass is 10.2. The highest BCUT2D eigenvalue weighted by Gasteiger charge is 2.23. The maximum atomic E-state index is 13.4. The monoisotopic (exact) mass is 417 g/mol. The molecule has 0 N–H and O–H groups in total. The van der Waals surface area contributed by atoms with Crippen LogP contribution in [0.3, 0.4) is 0 Å². The summed E-state index contributed by atoms with van der Waals surface area (Å²) in [6.45, 7) is 1.38. The van der Waals surface area contributed by atoms with Gasteiger partial charge in [-0.1, -0.05) is 29.5 Å². The lowest BCUT2D eigenvalue weighted by Crippen LogP contribution is -2.37. The van der Waals surface area contributed by atoms with Gasteiger partial charge in [0.25, 0.3) is 5.91 Å². The number of anilines is 1. The summed E-state index contributed by atoms with van der Waals surface area (Å²) < 4.78 is 1.11. The second-order valence-corrected chi connectivity index (χ2v) is 8.97. The van der Waals surface area contributed by atoms with E-state index < -0.39 is 0 Å². The van der Waals surface area contributed by atoms with E-state index >= 15 is 0 Å². The average Bonchev–Trinajstić information content (AvgIpc) is 3.11. The highest BCUT2D eigenvalue weighted by molar-refractivity contribution is 7.99. The third-order valence-electron chi connectivity index (χ3n) is 4.17. The van der Waals surface area contributed by atoms with Crippen molar-refractivity contribution < 1.29 is 4.79 Å². The summed E-state index contributed by atoms with van der Waals surface area (Å²) in [6, 6.07) is 14.0. The van der Waals surface area contributed by atoms with E-state index in [-0.39, 0.29) is 5.91 Å². The first-order valence-electron chi connectivity index (χ1n) is 8.58. The number of rotatable bonds is 7. The topological polar surface area (TPSA) is 36.4 Å². The molecule has 7 heteroatoms. The molecule has 0 radical (unpaired) electrons. The molecule has 0 aliphatic carbocycles. The number of hydrogen-bond acceptors (Lipinski definition) is 6. The van der Waals surface area contributed by atoms with Gasteiger partial charge < -0.3 is 4.90 Å². The van der Waals surface area contributed by atoms with Gasteiger partial charge in [0.05, 0.1) is 15.8 Å². The summed E-state index contributed by atoms with van der Waals surface area (Å²) in [5.74, 6) is 0.00607. The smallest absolute Gasteiger partial charge is 0.261 e. The fourth-order valence-corrected chi connectivity index (χ4v) is 4.98. The van der Waals surface area contributed by atoms with Gasteiger partial charge >= 0.3 is 0 Å². The van der Waals surface area contributed by atoms with Crippen LogP contribution in [0.15, 0.2) is 52.3 Å². The van der Waals surface area contributed by atoms with Crippen LogP contribution in [-0.4, -0.2) is 55.5 Å². The summed E-state index contributed by atoms with van der Waals surface area (Å²) in [5.41, 5.74) is 1.71. The molecule has 0 aliphatic rings. The molecule has 3 rings (SSSR count). The van der Waals surface area contributed by atoms with Gasteiger partial charge in [0.15, 0.2) is 5.13 Å². The number of carbonyl (C=O) groups is 1. The number of para-hydroxylation sites is 1. The molecular formula is C20H23N3OS3. The zero-order valence-electron chi connectivity index (χ0n) is 15.9. The molecule has 0 fully saturated rings. The predicted molar refractivity (Wildman–Crippen MR) is 120 cm³/mol. The molecule has 0 saturated heterocycles. The van der Waals surface area contributed by atoms with Crippen molar-refractivity contribution in [3.63, 3.8) is 0 Å². The summed E-state index contributed by atoms with van der Waals surface area (Å²) in [7, 11) is 4.03. The number of fused-ring (bicyclic) bond motifs is 1. The Bertz CT molecular complexity index is 939. The Balaban J connectivity index is 2.04. The van der Waals surface area contributed by atoms with E-state index in [1.807, 2.05) is 55.6 Å². The molecule has 0 saturated carbocycles. The molecule has 0 atom stereocenters. The fraction of sp³-hybridized carbons (Fsp3) is 0.300. The summed E-state index contributed by atoms with van der Waals surface area (Å²) in [4.78, 5) is 24.3. The van der Waals surface area contributed by atoms with Gasteiger partial charge in [-0.25, -0.2) is 4.98 Å². The molecule has 0 bridgehead atoms. The molecule has 27 heavy (non-hydrogen) atoms. The van der Waals surface area contributed by atoms with E-state index in [0.29, 0.717) is 6.54 Å². The number of amides is 1. The van der Waals surface area contributed by atoms with E-state index in [9.17, 15) is 4.79 Å². The normalized spacial score (nSPS) is 11.3. The van der Waals surface area contributed by atoms with Gasteiger partial charge in [-0.2, -0.15) is 0 Å². The van der Waals surface area contributed by atoms with Gasteiger partial charge in [0, 0.05) is 22.9 Å². The number of thioether (sulfide) groups is 2. The third-order valence-corrected chi connectivity index (χ3v) is 6.78. The van der Waals surface area contributed by atoms with Crippen molar-refractivity contribution in [1.82, 2.24) is 9.88 Å². The molecule has 1 heterocycles. The summed E-state index contributed by atoms with van der Waals surface area (Å²) in [5, 5.41) is 0.759. The van der Waals surface area contributed by atoms with Crippen molar-refractivity contribution in [2.75, 3.05) is 44.6 Å². The number of aromatic nitrogens is 1. The minimum Gasteiger partial charge on any atom is -0.308 e. The molecule has 1 amide bonds. The van der Waals surface area contributed by atoms with Crippen LogP contribution in [-0.2, 0) is 0 Å². The summed E-state index contributed by atoms with van der Waals surface area (Å²) >= 11 is 4.85. The third kappa shape index (κ3) is 4.48. The SMILES string of the molecule is CSc1ccccc1C(=O)N(CCN(C)C)c1nc2c(SC)cccc2s1. The number of hydrogen-bond donors (Lipinski definition) is 0. The van der Waals surface area contributed by atoms with Gasteiger partial charge in [-0.05, 0) is 50.9 Å². The van der Waals surface area contributed by atoms with Crippen molar-refractivity contribution >= 4 is 56.1 Å². The number of benzene rings is 2. The lowest BCUT2D eigenvalue weighted by Gasteiger charge is -2.22. The number of nitrogens with zero attached hydrogens (tertiary/aromatic N) is 3. The lowest BCUT2D eigenvalue weighted by molar-refractivity contribution is 0.0982. The zero-order chi connectivity index (χ0) is 19.4. The first-order chi connectivity index (χ1) is 13.0. The maximum Gasteiger partial charge on any atom is 0.261 e. The first-order valence-corrected chi connectivity index (χ1v) is 11.8. The van der Waals surface area contributed by atoms with E-state index in [1.54, 1.807) is 34.9 Å². The van der Waals surface area contributed by atoms with Gasteiger partial charge in [0.1, 0.15) is 0 Å². The minimum absolute atomic E-state index is 0.00607. The molecule has 1 aromatic heterocycles. The van der Waals surface area contributed by atoms with Crippen molar-refractivity contribution in [3.05, 3.63) is 48.0 Å². The molecule has 0 unspecified atom stereocenters. The van der Waals surface area contributed by atoms with E-state index in [2.05, 4.69) is 23.3 Å². The van der Waals surface area contributed by atoms with Crippen LogP contribution >= 0.6 is 34.9 Å². The Hall–Kier alpha value is -1.54. The van der Waals surface area contributed by atoms with Crippen LogP contribution in [0.2, 0.25) is 0 Å². The molecular weight excluding hydrogens is 394 g/mol. The second-order valence-electron chi connectivity index (χ2n) is 6.26. The standard InChI is InChI=1S/C20H23N3OS3/c1-22(2)12-13-23(19(24)14-8-5-6-9-15(14)25-3)20-21-18-16(26-4)10-7-11-17(18)27-20/h5-11H,12-13H2,1-4H3. The van der Waals surface area contributed by atoms with Crippen LogP contribution in [0, 0.1) is 0 Å². The van der Waals surface area contributed by atoms with Crippen molar-refractivity contribution in [2.45, 2.75) is 9.79 Å². The highest BCUT2D eigenvalue weighted by atomic mass is 32.2. The highest BCUT2D eigenvalue weighted by Crippen LogP contribution is 2.35. The molecule has 0 spiro atoms. The van der Waals surface area contributed by atoms with Crippen LogP contribution in [0.5, 0.6) is 0 Å². The fourth-order valence-electron chi connectivity index (χ4n) is 2.74. The van der Waals surface area contributed by atoms with E-state index in [0.717, 1.165) is 37.2 Å². The molecule has 2 aromatic carbocycles. The van der Waals surface area contributed by atoms with E-state index in [4.69, 9.17) is 4.98 Å². The van der Waals surface area contributed by atoms with Crippen molar-refractivity contribution in [1.29, 1.82) is 0 Å². The van der Waals surface area contributed by atoms with Crippen LogP contribution in [0.4, 0.5) is 5.13 Å². The van der Waals surface area contributed by atoms with Crippen LogP contribution < -0.4 is 4.90 Å². The molecule has 142 valence electrons. The molecule has 3 aromatic rings. The number of likely N-dealkylation sites (N-methyl/N-ethyl adjacent to an activating group) is 1. The Morgan fingerprint density at radius 2 is 1.70 bits per heavy atom. The van der Waals surface area contributed by atoms with E-state index in [1.165, 1.54) is 0 Å². The predicted octanol–water partition coefficient (Wildman–Crippen LogP) is 4.95. The quantitative estimate of drug-likeness (QED) is 0.509. The molecule has 0 aliphatic heterocycles. The Morgan fingerprint density at radius 3 is 2.41 bits per heavy atom. The Morgan fingerprint density at radius 1 is 1.00 bits per heavy atom. The van der Waals surface area contributed by atoms with Gasteiger partial charge in [0.2, 0.25) is 0 Å². The Labute approximate surface area is 173 Å². The van der Waals surface area contributed by atoms with Gasteiger partial charge in [-0.15, -0.1) is 23.5 Å². The van der Waals surface area contributed by atoms with Crippen molar-refractivity contribution in [2.24, 2.45) is 0 Å². The van der Waals surface area contributed by atoms with Crippen LogP contribution in [0.25, 0.3) is 10.2 Å². The van der Waals surface area contributed by atoms with Crippen molar-refractivity contribution in [3.8, 4) is 0 Å². The summed E-state index contributed by atoms with van der Waals surface area (Å²) in [6.07, 6.45) is 4.05. The first kappa shape index (κ1) is 20.2. The zero-order valence-corrected chi connectivity index (χ0v) is 18.4. The minimum atomic E-state index is 0.00607.